The van der Waals surface area contributed by atoms with Gasteiger partial charge < -0.3 is 5.32 Å². The van der Waals surface area contributed by atoms with E-state index in [9.17, 15) is 4.39 Å². The first-order chi connectivity index (χ1) is 9.29. The quantitative estimate of drug-likeness (QED) is 0.755. The average Bonchev–Trinajstić information content (AvgIpc) is 2.44. The molecule has 1 N–H and O–H groups in total. The SMILES string of the molecule is CCCNC(Cc1cccc(F)c1)C1=CCCCC1. The van der Waals surface area contributed by atoms with Crippen molar-refractivity contribution in [3.8, 4) is 0 Å². The zero-order valence-electron chi connectivity index (χ0n) is 11.8. The zero-order chi connectivity index (χ0) is 13.5. The minimum atomic E-state index is -0.135. The maximum absolute atomic E-state index is 13.3. The molecule has 0 bridgehead atoms. The van der Waals surface area contributed by atoms with Crippen LogP contribution in [-0.4, -0.2) is 12.6 Å². The molecule has 1 unspecified atom stereocenters. The molecule has 0 aromatic heterocycles. The van der Waals surface area contributed by atoms with Gasteiger partial charge >= 0.3 is 0 Å². The number of nitrogens with one attached hydrogen (secondary N) is 1. The van der Waals surface area contributed by atoms with Crippen molar-refractivity contribution in [2.75, 3.05) is 6.54 Å². The molecule has 19 heavy (non-hydrogen) atoms. The summed E-state index contributed by atoms with van der Waals surface area (Å²) in [5.74, 6) is -0.135. The fourth-order valence-corrected chi connectivity index (χ4v) is 2.73. The van der Waals surface area contributed by atoms with E-state index < -0.39 is 0 Å². The molecule has 1 aromatic rings. The van der Waals surface area contributed by atoms with Gasteiger partial charge in [0.15, 0.2) is 0 Å². The predicted octanol–water partition coefficient (Wildman–Crippen LogP) is 4.24. The van der Waals surface area contributed by atoms with Gasteiger partial charge in [0.2, 0.25) is 0 Å². The van der Waals surface area contributed by atoms with E-state index in [0.29, 0.717) is 6.04 Å². The number of allylic oxidation sites excluding steroid dienone is 1. The van der Waals surface area contributed by atoms with E-state index in [0.717, 1.165) is 24.9 Å². The van der Waals surface area contributed by atoms with Gasteiger partial charge in [-0.3, -0.25) is 0 Å². The van der Waals surface area contributed by atoms with Gasteiger partial charge in [0.05, 0.1) is 0 Å². The Morgan fingerprint density at radius 2 is 2.21 bits per heavy atom. The molecule has 2 rings (SSSR count). The van der Waals surface area contributed by atoms with E-state index in [-0.39, 0.29) is 5.82 Å². The summed E-state index contributed by atoms with van der Waals surface area (Å²) in [4.78, 5) is 0. The fourth-order valence-electron chi connectivity index (χ4n) is 2.73. The molecular weight excluding hydrogens is 237 g/mol. The van der Waals surface area contributed by atoms with Crippen LogP contribution in [0.1, 0.15) is 44.6 Å². The Morgan fingerprint density at radius 1 is 1.32 bits per heavy atom. The van der Waals surface area contributed by atoms with Gasteiger partial charge in [-0.25, -0.2) is 4.39 Å². The van der Waals surface area contributed by atoms with Crippen molar-refractivity contribution in [3.05, 3.63) is 47.3 Å². The van der Waals surface area contributed by atoms with Gasteiger partial charge in [0.25, 0.3) is 0 Å². The van der Waals surface area contributed by atoms with E-state index in [4.69, 9.17) is 0 Å². The Bertz CT molecular complexity index is 425. The summed E-state index contributed by atoms with van der Waals surface area (Å²) >= 11 is 0. The minimum absolute atomic E-state index is 0.135. The lowest BCUT2D eigenvalue weighted by atomic mass is 9.90. The smallest absolute Gasteiger partial charge is 0.123 e. The number of benzene rings is 1. The highest BCUT2D eigenvalue weighted by Gasteiger charge is 2.16. The first-order valence-electron chi connectivity index (χ1n) is 7.46. The van der Waals surface area contributed by atoms with Gasteiger partial charge in [-0.2, -0.15) is 0 Å². The highest BCUT2D eigenvalue weighted by atomic mass is 19.1. The lowest BCUT2D eigenvalue weighted by Gasteiger charge is -2.24. The van der Waals surface area contributed by atoms with Gasteiger partial charge in [-0.1, -0.05) is 30.7 Å². The third kappa shape index (κ3) is 4.46. The highest BCUT2D eigenvalue weighted by molar-refractivity contribution is 5.22. The Balaban J connectivity index is 2.06. The molecule has 0 amide bonds. The van der Waals surface area contributed by atoms with Crippen LogP contribution in [0, 0.1) is 5.82 Å². The van der Waals surface area contributed by atoms with Crippen molar-refractivity contribution in [1.82, 2.24) is 5.32 Å². The van der Waals surface area contributed by atoms with Crippen molar-refractivity contribution in [2.24, 2.45) is 0 Å². The van der Waals surface area contributed by atoms with Crippen LogP contribution in [0.2, 0.25) is 0 Å². The van der Waals surface area contributed by atoms with Crippen LogP contribution in [-0.2, 0) is 6.42 Å². The summed E-state index contributed by atoms with van der Waals surface area (Å²) in [6, 6.07) is 7.37. The highest BCUT2D eigenvalue weighted by Crippen LogP contribution is 2.22. The van der Waals surface area contributed by atoms with Crippen LogP contribution in [0.25, 0.3) is 0 Å². The molecule has 0 aliphatic heterocycles. The maximum Gasteiger partial charge on any atom is 0.123 e. The molecule has 0 saturated heterocycles. The van der Waals surface area contributed by atoms with Crippen LogP contribution in [0.15, 0.2) is 35.9 Å². The number of halogens is 1. The monoisotopic (exact) mass is 261 g/mol. The van der Waals surface area contributed by atoms with E-state index >= 15 is 0 Å². The Morgan fingerprint density at radius 3 is 2.89 bits per heavy atom. The van der Waals surface area contributed by atoms with Crippen LogP contribution in [0.5, 0.6) is 0 Å². The van der Waals surface area contributed by atoms with Gasteiger partial charge in [0.1, 0.15) is 5.82 Å². The molecule has 0 heterocycles. The van der Waals surface area contributed by atoms with Gasteiger partial charge in [-0.05, 0) is 62.8 Å². The summed E-state index contributed by atoms with van der Waals surface area (Å²) in [6.07, 6.45) is 9.40. The molecule has 0 saturated carbocycles. The van der Waals surface area contributed by atoms with Crippen LogP contribution in [0.4, 0.5) is 4.39 Å². The van der Waals surface area contributed by atoms with Gasteiger partial charge in [0, 0.05) is 6.04 Å². The van der Waals surface area contributed by atoms with Gasteiger partial charge in [-0.15, -0.1) is 0 Å². The largest absolute Gasteiger partial charge is 0.310 e. The minimum Gasteiger partial charge on any atom is -0.310 e. The topological polar surface area (TPSA) is 12.0 Å². The molecule has 0 radical (unpaired) electrons. The number of hydrogen-bond donors (Lipinski definition) is 1. The molecular formula is C17H24FN. The lowest BCUT2D eigenvalue weighted by Crippen LogP contribution is -2.34. The molecule has 2 heteroatoms. The summed E-state index contributed by atoms with van der Waals surface area (Å²) in [5, 5.41) is 3.62. The Labute approximate surface area is 115 Å². The second-order valence-electron chi connectivity index (χ2n) is 5.37. The van der Waals surface area contributed by atoms with Crippen molar-refractivity contribution in [2.45, 2.75) is 51.5 Å². The third-order valence-corrected chi connectivity index (χ3v) is 3.74. The van der Waals surface area contributed by atoms with Crippen molar-refractivity contribution < 1.29 is 4.39 Å². The first kappa shape index (κ1) is 14.3. The van der Waals surface area contributed by atoms with Crippen molar-refractivity contribution in [1.29, 1.82) is 0 Å². The molecule has 0 spiro atoms. The molecule has 1 aromatic carbocycles. The lowest BCUT2D eigenvalue weighted by molar-refractivity contribution is 0.524. The fraction of sp³-hybridized carbons (Fsp3) is 0.529. The van der Waals surface area contributed by atoms with Crippen LogP contribution < -0.4 is 5.32 Å². The zero-order valence-corrected chi connectivity index (χ0v) is 11.8. The number of rotatable bonds is 6. The van der Waals surface area contributed by atoms with E-state index in [2.05, 4.69) is 18.3 Å². The van der Waals surface area contributed by atoms with Crippen LogP contribution in [0.3, 0.4) is 0 Å². The van der Waals surface area contributed by atoms with E-state index in [1.807, 2.05) is 6.07 Å². The predicted molar refractivity (Wildman–Crippen MR) is 78.7 cm³/mol. The molecule has 1 aliphatic rings. The summed E-state index contributed by atoms with van der Waals surface area (Å²) in [7, 11) is 0. The second kappa shape index (κ2) is 7.44. The van der Waals surface area contributed by atoms with Crippen LogP contribution >= 0.6 is 0 Å². The standard InChI is InChI=1S/C17H24FN/c1-2-11-19-17(15-8-4-3-5-9-15)13-14-7-6-10-16(18)12-14/h6-8,10,12,17,19H,2-5,9,11,13H2,1H3. The first-order valence-corrected chi connectivity index (χ1v) is 7.46. The van der Waals surface area contributed by atoms with Crippen molar-refractivity contribution >= 4 is 0 Å². The third-order valence-electron chi connectivity index (χ3n) is 3.74. The molecule has 1 aliphatic carbocycles. The Kier molecular flexibility index (Phi) is 5.59. The molecule has 1 atom stereocenters. The van der Waals surface area contributed by atoms with E-state index in [1.54, 1.807) is 12.1 Å². The number of hydrogen-bond acceptors (Lipinski definition) is 1. The van der Waals surface area contributed by atoms with E-state index in [1.165, 1.54) is 37.3 Å². The Hall–Kier alpha value is -1.15. The van der Waals surface area contributed by atoms with Crippen molar-refractivity contribution in [3.63, 3.8) is 0 Å². The molecule has 1 nitrogen and oxygen atoms in total. The molecule has 0 fully saturated rings. The molecule has 104 valence electrons. The summed E-state index contributed by atoms with van der Waals surface area (Å²) in [5.41, 5.74) is 2.60. The summed E-state index contributed by atoms with van der Waals surface area (Å²) in [6.45, 7) is 3.21. The second-order valence-corrected chi connectivity index (χ2v) is 5.37. The summed E-state index contributed by atoms with van der Waals surface area (Å²) < 4.78 is 13.3. The normalized spacial score (nSPS) is 17.1. The maximum atomic E-state index is 13.3. The average molecular weight is 261 g/mol.